The summed E-state index contributed by atoms with van der Waals surface area (Å²) >= 11 is 1.80. The van der Waals surface area contributed by atoms with Gasteiger partial charge in [0, 0.05) is 44.4 Å². The lowest BCUT2D eigenvalue weighted by Crippen LogP contribution is -2.38. The van der Waals surface area contributed by atoms with Gasteiger partial charge >= 0.3 is 0 Å². The summed E-state index contributed by atoms with van der Waals surface area (Å²) in [6.45, 7) is 2.87. The molecule has 0 fully saturated rings. The minimum absolute atomic E-state index is 0. The van der Waals surface area contributed by atoms with E-state index in [4.69, 9.17) is 0 Å². The van der Waals surface area contributed by atoms with Crippen LogP contribution in [0.1, 0.15) is 42.2 Å². The molecule has 0 aliphatic carbocycles. The first-order chi connectivity index (χ1) is 12.4. The number of thiophene rings is 1. The Morgan fingerprint density at radius 2 is 2.08 bits per heavy atom. The van der Waals surface area contributed by atoms with Crippen molar-refractivity contribution in [3.63, 3.8) is 0 Å². The maximum Gasteiger partial charge on any atom is 0.190 e. The predicted molar refractivity (Wildman–Crippen MR) is 119 cm³/mol. The molecule has 0 atom stereocenters. The van der Waals surface area contributed by atoms with E-state index in [0.717, 1.165) is 57.1 Å². The van der Waals surface area contributed by atoms with E-state index >= 15 is 0 Å². The van der Waals surface area contributed by atoms with E-state index in [-0.39, 0.29) is 24.0 Å². The Morgan fingerprint density at radius 1 is 1.19 bits per heavy atom. The zero-order valence-corrected chi connectivity index (χ0v) is 18.6. The minimum Gasteiger partial charge on any atom is -0.356 e. The van der Waals surface area contributed by atoms with Crippen molar-refractivity contribution >= 4 is 41.3 Å². The maximum atomic E-state index is 4.39. The van der Waals surface area contributed by atoms with Crippen LogP contribution in [-0.2, 0) is 25.8 Å². The zero-order valence-electron chi connectivity index (χ0n) is 15.4. The molecule has 0 unspecified atom stereocenters. The third-order valence-corrected chi connectivity index (χ3v) is 5.46. The maximum absolute atomic E-state index is 4.39. The molecule has 3 rings (SSSR count). The van der Waals surface area contributed by atoms with E-state index < -0.39 is 0 Å². The molecule has 2 N–H and O–H groups in total. The number of halogens is 1. The lowest BCUT2D eigenvalue weighted by molar-refractivity contribution is 0.594. The number of hydrogen-bond donors (Lipinski definition) is 2. The van der Waals surface area contributed by atoms with E-state index in [1.54, 1.807) is 11.3 Å². The van der Waals surface area contributed by atoms with Crippen LogP contribution in [0.5, 0.6) is 0 Å². The average Bonchev–Trinajstić information content (AvgIpc) is 3.22. The van der Waals surface area contributed by atoms with Crippen molar-refractivity contribution in [2.75, 3.05) is 20.1 Å². The highest BCUT2D eigenvalue weighted by Crippen LogP contribution is 2.15. The fourth-order valence-electron chi connectivity index (χ4n) is 3.16. The summed E-state index contributed by atoms with van der Waals surface area (Å²) in [5.74, 6) is 3.18. The Morgan fingerprint density at radius 3 is 2.88 bits per heavy atom. The zero-order chi connectivity index (χ0) is 17.3. The Labute approximate surface area is 176 Å². The normalized spacial score (nSPS) is 14.3. The van der Waals surface area contributed by atoms with Gasteiger partial charge in [0.1, 0.15) is 11.6 Å². The van der Waals surface area contributed by atoms with E-state index in [0.29, 0.717) is 0 Å². The number of fused-ring (bicyclic) bond motifs is 1. The van der Waals surface area contributed by atoms with Crippen LogP contribution in [-0.4, -0.2) is 40.9 Å². The molecule has 0 radical (unpaired) electrons. The van der Waals surface area contributed by atoms with E-state index in [1.165, 1.54) is 30.0 Å². The second-order valence-electron chi connectivity index (χ2n) is 6.35. The standard InChI is InChI=1S/C18H28N6S.HI/c1-19-18(21-12-10-15-7-6-14-25-15)20-11-5-9-17-23-22-16-8-3-2-4-13-24(16)17;/h6-7,14H,2-5,8-13H2,1H3,(H2,19,20,21);1H. The molecule has 0 saturated heterocycles. The molecule has 2 aromatic heterocycles. The summed E-state index contributed by atoms with van der Waals surface area (Å²) in [7, 11) is 1.82. The lowest BCUT2D eigenvalue weighted by atomic mass is 10.2. The van der Waals surface area contributed by atoms with E-state index in [2.05, 4.69) is 47.9 Å². The van der Waals surface area contributed by atoms with E-state index in [1.807, 2.05) is 7.05 Å². The molecule has 1 aliphatic heterocycles. The van der Waals surface area contributed by atoms with Gasteiger partial charge in [0.15, 0.2) is 5.96 Å². The Kier molecular flexibility index (Phi) is 9.38. The number of aromatic nitrogens is 3. The van der Waals surface area contributed by atoms with Gasteiger partial charge in [0.2, 0.25) is 0 Å². The van der Waals surface area contributed by atoms with Crippen LogP contribution in [0.2, 0.25) is 0 Å². The number of aryl methyl sites for hydroxylation is 2. The highest BCUT2D eigenvalue weighted by atomic mass is 127. The number of nitrogens with one attached hydrogen (secondary N) is 2. The van der Waals surface area contributed by atoms with Crippen LogP contribution < -0.4 is 10.6 Å². The quantitative estimate of drug-likeness (QED) is 0.272. The van der Waals surface area contributed by atoms with Gasteiger partial charge in [-0.25, -0.2) is 0 Å². The first-order valence-corrected chi connectivity index (χ1v) is 10.1. The topological polar surface area (TPSA) is 67.1 Å². The van der Waals surface area contributed by atoms with Crippen LogP contribution in [0, 0.1) is 0 Å². The van der Waals surface area contributed by atoms with Crippen LogP contribution in [0.3, 0.4) is 0 Å². The predicted octanol–water partition coefficient (Wildman–Crippen LogP) is 3.02. The SMILES string of the molecule is CN=C(NCCCc1nnc2n1CCCCC2)NCCc1cccs1.I. The van der Waals surface area contributed by atoms with Crippen molar-refractivity contribution in [2.24, 2.45) is 4.99 Å². The van der Waals surface area contributed by atoms with Crippen LogP contribution in [0.4, 0.5) is 0 Å². The summed E-state index contributed by atoms with van der Waals surface area (Å²) in [4.78, 5) is 5.69. The van der Waals surface area contributed by atoms with Gasteiger partial charge in [-0.05, 0) is 37.1 Å². The molecule has 8 heteroatoms. The van der Waals surface area contributed by atoms with Crippen molar-refractivity contribution in [1.29, 1.82) is 0 Å². The van der Waals surface area contributed by atoms with Gasteiger partial charge < -0.3 is 15.2 Å². The molecule has 0 bridgehead atoms. The van der Waals surface area contributed by atoms with Crippen molar-refractivity contribution in [3.05, 3.63) is 34.0 Å². The highest BCUT2D eigenvalue weighted by molar-refractivity contribution is 14.0. The smallest absolute Gasteiger partial charge is 0.190 e. The molecule has 0 spiro atoms. The van der Waals surface area contributed by atoms with Crippen LogP contribution >= 0.6 is 35.3 Å². The lowest BCUT2D eigenvalue weighted by Gasteiger charge is -2.11. The van der Waals surface area contributed by atoms with Crippen LogP contribution in [0.25, 0.3) is 0 Å². The summed E-state index contributed by atoms with van der Waals surface area (Å²) in [6.07, 6.45) is 7.90. The number of hydrogen-bond acceptors (Lipinski definition) is 4. The number of nitrogens with zero attached hydrogens (tertiary/aromatic N) is 4. The minimum atomic E-state index is 0. The molecule has 0 amide bonds. The Hall–Kier alpha value is -1.16. The second-order valence-corrected chi connectivity index (χ2v) is 7.39. The molecule has 144 valence electrons. The number of guanidine groups is 1. The fourth-order valence-corrected chi connectivity index (χ4v) is 3.87. The molecular weight excluding hydrogens is 459 g/mol. The molecule has 0 saturated carbocycles. The largest absolute Gasteiger partial charge is 0.356 e. The van der Waals surface area contributed by atoms with Gasteiger partial charge in [0.05, 0.1) is 0 Å². The first-order valence-electron chi connectivity index (χ1n) is 9.24. The molecule has 3 heterocycles. The van der Waals surface area contributed by atoms with Gasteiger partial charge in [0.25, 0.3) is 0 Å². The van der Waals surface area contributed by atoms with Crippen molar-refractivity contribution < 1.29 is 0 Å². The van der Waals surface area contributed by atoms with Crippen molar-refractivity contribution in [1.82, 2.24) is 25.4 Å². The number of rotatable bonds is 7. The Balaban J connectivity index is 0.00000243. The summed E-state index contributed by atoms with van der Waals surface area (Å²) in [6, 6.07) is 4.27. The molecule has 1 aliphatic rings. The van der Waals surface area contributed by atoms with Gasteiger partial charge in [-0.1, -0.05) is 12.5 Å². The highest BCUT2D eigenvalue weighted by Gasteiger charge is 2.14. The molecular formula is C18H29IN6S. The van der Waals surface area contributed by atoms with Gasteiger partial charge in [-0.2, -0.15) is 0 Å². The molecule has 6 nitrogen and oxygen atoms in total. The molecule has 2 aromatic rings. The van der Waals surface area contributed by atoms with E-state index in [9.17, 15) is 0 Å². The molecule has 26 heavy (non-hydrogen) atoms. The third-order valence-electron chi connectivity index (χ3n) is 4.52. The summed E-state index contributed by atoms with van der Waals surface area (Å²) < 4.78 is 2.33. The van der Waals surface area contributed by atoms with Crippen molar-refractivity contribution in [2.45, 2.75) is 51.5 Å². The number of aliphatic imine (C=N–C) groups is 1. The Bertz CT molecular complexity index is 667. The summed E-state index contributed by atoms with van der Waals surface area (Å²) in [5, 5.41) is 17.6. The first kappa shape index (κ1) is 21.1. The third kappa shape index (κ3) is 6.22. The fraction of sp³-hybridized carbons (Fsp3) is 0.611. The van der Waals surface area contributed by atoms with Gasteiger partial charge in [-0.3, -0.25) is 4.99 Å². The average molecular weight is 488 g/mol. The van der Waals surface area contributed by atoms with Crippen molar-refractivity contribution in [3.8, 4) is 0 Å². The summed E-state index contributed by atoms with van der Waals surface area (Å²) in [5.41, 5.74) is 0. The van der Waals surface area contributed by atoms with Crippen LogP contribution in [0.15, 0.2) is 22.5 Å². The monoisotopic (exact) mass is 488 g/mol. The van der Waals surface area contributed by atoms with Gasteiger partial charge in [-0.15, -0.1) is 45.5 Å². The second kappa shape index (κ2) is 11.5. The molecule has 0 aromatic carbocycles.